The molecule has 1 atom stereocenters. The molecule has 0 aromatic heterocycles. The lowest BCUT2D eigenvalue weighted by atomic mass is 9.76. The normalized spacial score (nSPS) is 34.1. The number of fused-ring (bicyclic) bond motifs is 1. The van der Waals surface area contributed by atoms with E-state index in [4.69, 9.17) is 0 Å². The highest BCUT2D eigenvalue weighted by Gasteiger charge is 2.35. The van der Waals surface area contributed by atoms with Gasteiger partial charge in [0.05, 0.1) is 0 Å². The van der Waals surface area contributed by atoms with Gasteiger partial charge in [0.1, 0.15) is 0 Å². The van der Waals surface area contributed by atoms with E-state index in [1.807, 2.05) is 0 Å². The van der Waals surface area contributed by atoms with Crippen molar-refractivity contribution in [1.29, 1.82) is 0 Å². The van der Waals surface area contributed by atoms with Crippen molar-refractivity contribution in [3.63, 3.8) is 0 Å². The predicted octanol–water partition coefficient (Wildman–Crippen LogP) is 6.60. The zero-order valence-electron chi connectivity index (χ0n) is 14.2. The quantitative estimate of drug-likeness (QED) is 0.472. The molecule has 2 aliphatic carbocycles. The number of hydrogen-bond donors (Lipinski definition) is 0. The van der Waals surface area contributed by atoms with Gasteiger partial charge in [-0.1, -0.05) is 55.2 Å². The van der Waals surface area contributed by atoms with E-state index in [0.29, 0.717) is 5.41 Å². The molecular weight excluding hydrogens is 240 g/mol. The second-order valence-corrected chi connectivity index (χ2v) is 7.56. The van der Waals surface area contributed by atoms with Crippen LogP contribution in [0.1, 0.15) is 79.6 Å². The van der Waals surface area contributed by atoms with E-state index in [-0.39, 0.29) is 0 Å². The molecule has 0 N–H and O–H groups in total. The molecule has 0 bridgehead atoms. The molecule has 0 amide bonds. The third-order valence-electron chi connectivity index (χ3n) is 5.46. The second-order valence-electron chi connectivity index (χ2n) is 7.56. The Morgan fingerprint density at radius 1 is 0.950 bits per heavy atom. The summed E-state index contributed by atoms with van der Waals surface area (Å²) < 4.78 is 0. The second kappa shape index (κ2) is 6.33. The standard InChI is InChI=1S/C20H32/c1-15(2)18-12-14-20(5)13-11-17(4)8-6-7-16(3)9-10-19(18)20/h7,11,15H,6,8-10,12-14H2,1-5H3/b16-7-,17-11-/t20-/m1/s1. The Bertz CT molecular complexity index is 445. The molecule has 0 heterocycles. The molecule has 2 rings (SSSR count). The smallest absolute Gasteiger partial charge is 0.00759 e. The zero-order chi connectivity index (χ0) is 14.8. The van der Waals surface area contributed by atoms with Crippen LogP contribution in [-0.4, -0.2) is 0 Å². The summed E-state index contributed by atoms with van der Waals surface area (Å²) in [6.45, 7) is 11.9. The molecule has 112 valence electrons. The first-order valence-corrected chi connectivity index (χ1v) is 8.46. The van der Waals surface area contributed by atoms with Crippen LogP contribution in [0.3, 0.4) is 0 Å². The maximum absolute atomic E-state index is 2.53. The largest absolute Gasteiger partial charge is 0.0853 e. The van der Waals surface area contributed by atoms with E-state index in [2.05, 4.69) is 46.8 Å². The van der Waals surface area contributed by atoms with Gasteiger partial charge >= 0.3 is 0 Å². The third-order valence-corrected chi connectivity index (χ3v) is 5.46. The van der Waals surface area contributed by atoms with Crippen molar-refractivity contribution in [2.75, 3.05) is 0 Å². The summed E-state index contributed by atoms with van der Waals surface area (Å²) in [4.78, 5) is 0. The van der Waals surface area contributed by atoms with E-state index in [9.17, 15) is 0 Å². The molecule has 20 heavy (non-hydrogen) atoms. The van der Waals surface area contributed by atoms with Crippen LogP contribution in [0.15, 0.2) is 34.4 Å². The highest BCUT2D eigenvalue weighted by atomic mass is 14.4. The summed E-state index contributed by atoms with van der Waals surface area (Å²) in [5.74, 6) is 0.728. The Labute approximate surface area is 126 Å². The third kappa shape index (κ3) is 3.45. The average Bonchev–Trinajstić information content (AvgIpc) is 2.70. The molecule has 0 radical (unpaired) electrons. The van der Waals surface area contributed by atoms with Gasteiger partial charge < -0.3 is 0 Å². The summed E-state index contributed by atoms with van der Waals surface area (Å²) in [7, 11) is 0. The number of allylic oxidation sites excluding steroid dienone is 6. The van der Waals surface area contributed by atoms with E-state index >= 15 is 0 Å². The van der Waals surface area contributed by atoms with Crippen LogP contribution in [0, 0.1) is 11.3 Å². The molecule has 0 unspecified atom stereocenters. The lowest BCUT2D eigenvalue weighted by Gasteiger charge is -2.28. The van der Waals surface area contributed by atoms with Crippen LogP contribution >= 0.6 is 0 Å². The monoisotopic (exact) mass is 272 g/mol. The summed E-state index contributed by atoms with van der Waals surface area (Å²) in [6.07, 6.45) is 14.0. The maximum atomic E-state index is 2.53. The highest BCUT2D eigenvalue weighted by molar-refractivity contribution is 5.31. The topological polar surface area (TPSA) is 0 Å². The van der Waals surface area contributed by atoms with Crippen LogP contribution < -0.4 is 0 Å². The Morgan fingerprint density at radius 3 is 2.35 bits per heavy atom. The predicted molar refractivity (Wildman–Crippen MR) is 89.8 cm³/mol. The average molecular weight is 272 g/mol. The molecule has 2 aliphatic rings. The van der Waals surface area contributed by atoms with Crippen molar-refractivity contribution < 1.29 is 0 Å². The summed E-state index contributed by atoms with van der Waals surface area (Å²) in [6, 6.07) is 0. The molecule has 0 nitrogen and oxygen atoms in total. The molecule has 0 saturated heterocycles. The fourth-order valence-electron chi connectivity index (χ4n) is 3.90. The summed E-state index contributed by atoms with van der Waals surface area (Å²) in [5.41, 5.74) is 7.17. The number of hydrogen-bond acceptors (Lipinski definition) is 0. The minimum Gasteiger partial charge on any atom is -0.0853 e. The van der Waals surface area contributed by atoms with Gasteiger partial charge in [-0.3, -0.25) is 0 Å². The van der Waals surface area contributed by atoms with Crippen molar-refractivity contribution in [3.8, 4) is 0 Å². The van der Waals surface area contributed by atoms with E-state index in [1.54, 1.807) is 22.3 Å². The van der Waals surface area contributed by atoms with Crippen LogP contribution in [0.4, 0.5) is 0 Å². The molecule has 0 heteroatoms. The first-order valence-electron chi connectivity index (χ1n) is 8.46. The van der Waals surface area contributed by atoms with Gasteiger partial charge in [-0.15, -0.1) is 0 Å². The lowest BCUT2D eigenvalue weighted by molar-refractivity contribution is 0.386. The van der Waals surface area contributed by atoms with Gasteiger partial charge in [0.25, 0.3) is 0 Å². The van der Waals surface area contributed by atoms with Crippen LogP contribution in [0.25, 0.3) is 0 Å². The molecule has 0 spiro atoms. The molecule has 0 aromatic rings. The van der Waals surface area contributed by atoms with Gasteiger partial charge in [0, 0.05) is 0 Å². The fraction of sp³-hybridized carbons (Fsp3) is 0.700. The molecule has 0 saturated carbocycles. The lowest BCUT2D eigenvalue weighted by Crippen LogP contribution is -2.15. The molecule has 0 aromatic carbocycles. The fourth-order valence-corrected chi connectivity index (χ4v) is 3.90. The Hall–Kier alpha value is -0.780. The zero-order valence-corrected chi connectivity index (χ0v) is 14.2. The van der Waals surface area contributed by atoms with Crippen molar-refractivity contribution >= 4 is 0 Å². The Morgan fingerprint density at radius 2 is 1.65 bits per heavy atom. The van der Waals surface area contributed by atoms with Gasteiger partial charge in [-0.25, -0.2) is 0 Å². The van der Waals surface area contributed by atoms with E-state index in [1.165, 1.54) is 44.9 Å². The van der Waals surface area contributed by atoms with Crippen molar-refractivity contribution in [3.05, 3.63) is 34.4 Å². The van der Waals surface area contributed by atoms with Crippen molar-refractivity contribution in [2.24, 2.45) is 11.3 Å². The minimum atomic E-state index is 0.436. The van der Waals surface area contributed by atoms with E-state index in [0.717, 1.165) is 5.92 Å². The SMILES string of the molecule is C/C1=C/C[C@]2(C)CCC(C(C)C)=C2CC/C(C)=C\CC1. The van der Waals surface area contributed by atoms with E-state index < -0.39 is 0 Å². The van der Waals surface area contributed by atoms with Gasteiger partial charge in [-0.2, -0.15) is 0 Å². The molecular formula is C20H32. The first kappa shape index (κ1) is 15.6. The maximum Gasteiger partial charge on any atom is -0.00759 e. The summed E-state index contributed by atoms with van der Waals surface area (Å²) >= 11 is 0. The number of rotatable bonds is 1. The highest BCUT2D eigenvalue weighted by Crippen LogP contribution is 2.50. The molecule has 0 fully saturated rings. The summed E-state index contributed by atoms with van der Waals surface area (Å²) in [5, 5.41) is 0. The first-order chi connectivity index (χ1) is 9.42. The van der Waals surface area contributed by atoms with Crippen LogP contribution in [-0.2, 0) is 0 Å². The van der Waals surface area contributed by atoms with Gasteiger partial charge in [-0.05, 0) is 70.1 Å². The van der Waals surface area contributed by atoms with Crippen LogP contribution in [0.5, 0.6) is 0 Å². The minimum absolute atomic E-state index is 0.436. The Kier molecular flexibility index (Phi) is 4.94. The van der Waals surface area contributed by atoms with Crippen molar-refractivity contribution in [2.45, 2.75) is 79.6 Å². The Balaban J connectivity index is 2.35. The van der Waals surface area contributed by atoms with Gasteiger partial charge in [0.2, 0.25) is 0 Å². The van der Waals surface area contributed by atoms with Gasteiger partial charge in [0.15, 0.2) is 0 Å². The van der Waals surface area contributed by atoms with Crippen molar-refractivity contribution in [1.82, 2.24) is 0 Å². The molecule has 0 aliphatic heterocycles. The van der Waals surface area contributed by atoms with Crippen LogP contribution in [0.2, 0.25) is 0 Å².